The number of hydrogen-bond acceptors (Lipinski definition) is 10. The van der Waals surface area contributed by atoms with Crippen molar-refractivity contribution in [1.29, 1.82) is 5.26 Å². The van der Waals surface area contributed by atoms with Gasteiger partial charge in [0.25, 0.3) is 17.7 Å². The number of likely N-dealkylation sites (tertiary alicyclic amines) is 1. The van der Waals surface area contributed by atoms with Gasteiger partial charge < -0.3 is 31.7 Å². The summed E-state index contributed by atoms with van der Waals surface area (Å²) in [6.07, 6.45) is 10.9. The molecule has 2 aromatic carbocycles. The number of piperazine rings is 1. The van der Waals surface area contributed by atoms with E-state index < -0.39 is 11.7 Å². The summed E-state index contributed by atoms with van der Waals surface area (Å²) in [5.74, 6) is -0.218. The van der Waals surface area contributed by atoms with Crippen molar-refractivity contribution in [1.82, 2.24) is 20.0 Å². The highest BCUT2D eigenvalue weighted by Gasteiger charge is 2.36. The Morgan fingerprint density at radius 3 is 2.19 bits per heavy atom. The Balaban J connectivity index is 0.000000465. The first-order chi connectivity index (χ1) is 26.0. The maximum Gasteiger partial charge on any atom is 0.267 e. The maximum atomic E-state index is 15.0. The summed E-state index contributed by atoms with van der Waals surface area (Å²) in [6.45, 7) is 11.6. The van der Waals surface area contributed by atoms with Crippen LogP contribution >= 0.6 is 11.6 Å². The molecular formula is C40H54ClFN8O4. The highest BCUT2D eigenvalue weighted by molar-refractivity contribution is 6.31. The van der Waals surface area contributed by atoms with Gasteiger partial charge >= 0.3 is 0 Å². The normalized spacial score (nSPS) is 18.6. The van der Waals surface area contributed by atoms with Gasteiger partial charge in [-0.3, -0.25) is 24.2 Å². The van der Waals surface area contributed by atoms with Gasteiger partial charge in [0.1, 0.15) is 17.6 Å². The third-order valence-corrected chi connectivity index (χ3v) is 10.6. The van der Waals surface area contributed by atoms with E-state index in [1.165, 1.54) is 30.7 Å². The summed E-state index contributed by atoms with van der Waals surface area (Å²) < 4.78 is 15.0. The van der Waals surface area contributed by atoms with Gasteiger partial charge in [0, 0.05) is 58.4 Å². The van der Waals surface area contributed by atoms with E-state index in [0.717, 1.165) is 76.1 Å². The smallest absolute Gasteiger partial charge is 0.267 e. The lowest BCUT2D eigenvalue weighted by Gasteiger charge is -2.40. The van der Waals surface area contributed by atoms with E-state index >= 15 is 0 Å². The molecule has 3 heterocycles. The molecule has 3 aliphatic heterocycles. The molecule has 4 aliphatic rings. The third-order valence-electron chi connectivity index (χ3n) is 10.3. The molecule has 292 valence electrons. The number of nitrogens with zero attached hydrogens (tertiary/aromatic N) is 5. The fourth-order valence-electron chi connectivity index (χ4n) is 7.21. The van der Waals surface area contributed by atoms with Gasteiger partial charge in [-0.2, -0.15) is 5.26 Å². The number of benzene rings is 2. The number of fused-ring (bicyclic) bond motifs is 1. The van der Waals surface area contributed by atoms with Crippen LogP contribution in [0, 0.1) is 23.1 Å². The Morgan fingerprint density at radius 1 is 0.963 bits per heavy atom. The van der Waals surface area contributed by atoms with Crippen molar-refractivity contribution in [2.45, 2.75) is 71.8 Å². The summed E-state index contributed by atoms with van der Waals surface area (Å²) in [4.78, 5) is 45.1. The van der Waals surface area contributed by atoms with Crippen LogP contribution in [0.2, 0.25) is 5.02 Å². The molecule has 3 amide bonds. The predicted molar refractivity (Wildman–Crippen MR) is 209 cm³/mol. The number of nitrogens with two attached hydrogens (primary N) is 2. The second-order valence-electron chi connectivity index (χ2n) is 13.7. The van der Waals surface area contributed by atoms with E-state index in [1.54, 1.807) is 25.1 Å². The quantitative estimate of drug-likeness (QED) is 0.157. The molecule has 1 aliphatic carbocycles. The van der Waals surface area contributed by atoms with Gasteiger partial charge in [-0.25, -0.2) is 4.39 Å². The number of nitrogens with one attached hydrogen (secondary N) is 1. The first-order valence-electron chi connectivity index (χ1n) is 19.0. The molecule has 2 saturated heterocycles. The summed E-state index contributed by atoms with van der Waals surface area (Å²) in [5.41, 5.74) is 13.7. The van der Waals surface area contributed by atoms with Crippen LogP contribution in [0.3, 0.4) is 0 Å². The molecular weight excluding hydrogens is 711 g/mol. The molecule has 0 unspecified atom stereocenters. The Bertz CT molecular complexity index is 1740. The number of piperidine rings is 1. The van der Waals surface area contributed by atoms with Gasteiger partial charge in [0.05, 0.1) is 38.9 Å². The van der Waals surface area contributed by atoms with Crippen LogP contribution in [0.4, 0.5) is 10.1 Å². The molecule has 14 heteroatoms. The van der Waals surface area contributed by atoms with E-state index in [1.807, 2.05) is 24.8 Å². The largest absolute Gasteiger partial charge is 0.508 e. The Labute approximate surface area is 323 Å². The first-order valence-corrected chi connectivity index (χ1v) is 19.4. The van der Waals surface area contributed by atoms with Crippen molar-refractivity contribution in [2.24, 2.45) is 17.4 Å². The number of phenolic OH excluding ortho intramolecular Hbond substituents is 1. The Kier molecular flexibility index (Phi) is 15.6. The molecule has 54 heavy (non-hydrogen) atoms. The van der Waals surface area contributed by atoms with Crippen LogP contribution in [-0.4, -0.2) is 95.9 Å². The zero-order valence-corrected chi connectivity index (χ0v) is 32.4. The number of nitriles is 1. The van der Waals surface area contributed by atoms with Crippen molar-refractivity contribution in [3.05, 3.63) is 81.5 Å². The van der Waals surface area contributed by atoms with E-state index in [0.29, 0.717) is 41.6 Å². The van der Waals surface area contributed by atoms with Crippen LogP contribution < -0.4 is 21.7 Å². The van der Waals surface area contributed by atoms with E-state index in [-0.39, 0.29) is 46.4 Å². The average Bonchev–Trinajstić information content (AvgIpc) is 3.42. The van der Waals surface area contributed by atoms with Gasteiger partial charge in [0.15, 0.2) is 0 Å². The van der Waals surface area contributed by atoms with Gasteiger partial charge in [0.2, 0.25) is 0 Å². The monoisotopic (exact) mass is 764 g/mol. The molecule has 0 radical (unpaired) electrons. The topological polar surface area (TPSA) is 172 Å². The van der Waals surface area contributed by atoms with Crippen molar-refractivity contribution < 1.29 is 23.9 Å². The molecule has 3 fully saturated rings. The summed E-state index contributed by atoms with van der Waals surface area (Å²) in [5, 5.41) is 20.5. The molecule has 6 rings (SSSR count). The highest BCUT2D eigenvalue weighted by Crippen LogP contribution is 2.31. The minimum atomic E-state index is -0.458. The average molecular weight is 765 g/mol. The third kappa shape index (κ3) is 10.7. The fraction of sp³-hybridized carbons (Fsp3) is 0.500. The SMILES string of the molecule is CC.CCN1C(=O)c2cc(F)c(N3CCN(CC4CCN(/C(N)=C/C=C(\N)C(=O)NC5CCCCC5)CC4)CC3)cc2C1=O.N#Cc1ccc(O)cc1Cl. The molecule has 2 aromatic rings. The summed E-state index contributed by atoms with van der Waals surface area (Å²) in [6, 6.07) is 9.09. The summed E-state index contributed by atoms with van der Waals surface area (Å²) >= 11 is 5.55. The molecule has 12 nitrogen and oxygen atoms in total. The van der Waals surface area contributed by atoms with Crippen LogP contribution in [-0.2, 0) is 4.79 Å². The minimum absolute atomic E-state index is 0.0731. The number of anilines is 1. The van der Waals surface area contributed by atoms with Crippen molar-refractivity contribution >= 4 is 35.0 Å². The molecule has 0 aromatic heterocycles. The predicted octanol–water partition coefficient (Wildman–Crippen LogP) is 5.31. The number of phenols is 1. The standard InChI is InChI=1S/C31H44FN7O3.C7H4ClNO.C2H6/c1-2-39-30(41)23-18-25(32)27(19-24(23)31(39)42)37-16-14-36(15-17-37)20-21-10-12-38(13-11-21)28(34)9-8-26(33)29(40)35-22-6-4-3-5-7-22;8-7-3-6(10)2-1-5(7)4-9;1-2/h8-9,18-19,21-22H,2-7,10-17,20,33-34H2,1H3,(H,35,40);1-3,10H;1-2H3/b26-8-,28-9+;;. The van der Waals surface area contributed by atoms with Gasteiger partial charge in [-0.15, -0.1) is 0 Å². The van der Waals surface area contributed by atoms with E-state index in [2.05, 4.69) is 15.1 Å². The second kappa shape index (κ2) is 20.0. The molecule has 1 saturated carbocycles. The molecule has 0 spiro atoms. The zero-order valence-electron chi connectivity index (χ0n) is 31.6. The molecule has 6 N–H and O–H groups in total. The van der Waals surface area contributed by atoms with E-state index in [9.17, 15) is 18.8 Å². The first kappa shape index (κ1) is 41.9. The second-order valence-corrected chi connectivity index (χ2v) is 14.1. The van der Waals surface area contributed by atoms with Crippen molar-refractivity contribution in [3.8, 4) is 11.8 Å². The fourth-order valence-corrected chi connectivity index (χ4v) is 7.42. The summed E-state index contributed by atoms with van der Waals surface area (Å²) in [7, 11) is 0. The maximum absolute atomic E-state index is 15.0. The molecule has 0 bridgehead atoms. The van der Waals surface area contributed by atoms with Crippen molar-refractivity contribution in [3.63, 3.8) is 0 Å². The number of halogens is 2. The van der Waals surface area contributed by atoms with Crippen LogP contribution in [0.25, 0.3) is 0 Å². The Hall–Kier alpha value is -4.80. The minimum Gasteiger partial charge on any atom is -0.508 e. The zero-order chi connectivity index (χ0) is 39.4. The van der Waals surface area contributed by atoms with Crippen LogP contribution in [0.5, 0.6) is 5.75 Å². The lowest BCUT2D eigenvalue weighted by Crippen LogP contribution is -2.49. The van der Waals surface area contributed by atoms with Crippen LogP contribution in [0.1, 0.15) is 92.0 Å². The Morgan fingerprint density at radius 2 is 1.59 bits per heavy atom. The number of amides is 3. The highest BCUT2D eigenvalue weighted by atomic mass is 35.5. The number of rotatable bonds is 8. The number of allylic oxidation sites excluding steroid dienone is 2. The number of carbonyl (C=O) groups is 3. The van der Waals surface area contributed by atoms with E-state index in [4.69, 9.17) is 33.4 Å². The van der Waals surface area contributed by atoms with Gasteiger partial charge in [-0.1, -0.05) is 44.7 Å². The number of hydrogen-bond donors (Lipinski definition) is 4. The number of aromatic hydroxyl groups is 1. The van der Waals surface area contributed by atoms with Crippen LogP contribution in [0.15, 0.2) is 54.0 Å². The molecule has 0 atom stereocenters. The number of carbonyl (C=O) groups excluding carboxylic acids is 3. The van der Waals surface area contributed by atoms with Crippen molar-refractivity contribution in [2.75, 3.05) is 57.3 Å². The lowest BCUT2D eigenvalue weighted by atomic mass is 9.95. The van der Waals surface area contributed by atoms with Gasteiger partial charge in [-0.05, 0) is 81.0 Å². The lowest BCUT2D eigenvalue weighted by molar-refractivity contribution is -0.118. The number of imide groups is 1.